The maximum absolute atomic E-state index is 6.22. The van der Waals surface area contributed by atoms with Crippen molar-refractivity contribution in [3.05, 3.63) is 33.8 Å². The highest BCUT2D eigenvalue weighted by Gasteiger charge is 2.28. The van der Waals surface area contributed by atoms with Crippen LogP contribution in [0.25, 0.3) is 0 Å². The largest absolute Gasteiger partial charge is 0.309 e. The van der Waals surface area contributed by atoms with E-state index in [0.717, 1.165) is 48.2 Å². The number of benzene rings is 1. The lowest BCUT2D eigenvalue weighted by Gasteiger charge is -2.41. The molecule has 0 spiro atoms. The number of nitrogens with one attached hydrogen (secondary N) is 1. The molecule has 1 unspecified atom stereocenters. The molecule has 0 aromatic heterocycles. The Hall–Kier alpha value is -0.280. The fraction of sp³-hybridized carbons (Fsp3) is 0.571. The molecule has 1 atom stereocenters. The molecule has 100 valence electrons. The first kappa shape index (κ1) is 14.1. The Balaban J connectivity index is 2.07. The van der Waals surface area contributed by atoms with Gasteiger partial charge in [0.25, 0.3) is 0 Å². The van der Waals surface area contributed by atoms with Crippen LogP contribution in [0.1, 0.15) is 25.8 Å². The van der Waals surface area contributed by atoms with Gasteiger partial charge in [0.1, 0.15) is 0 Å². The molecule has 1 fully saturated rings. The number of nitrogens with zero attached hydrogens (tertiary/aromatic N) is 1. The summed E-state index contributed by atoms with van der Waals surface area (Å²) in [6.07, 6.45) is 1.13. The number of halogens is 2. The Labute approximate surface area is 119 Å². The van der Waals surface area contributed by atoms with Crippen LogP contribution in [-0.4, -0.2) is 30.1 Å². The van der Waals surface area contributed by atoms with Crippen LogP contribution in [0.5, 0.6) is 0 Å². The van der Waals surface area contributed by atoms with E-state index in [2.05, 4.69) is 24.1 Å². The van der Waals surface area contributed by atoms with Crippen LogP contribution in [0, 0.1) is 0 Å². The second kappa shape index (κ2) is 5.79. The molecule has 1 aromatic rings. The van der Waals surface area contributed by atoms with Gasteiger partial charge in [0.2, 0.25) is 0 Å². The molecule has 1 saturated heterocycles. The van der Waals surface area contributed by atoms with Crippen LogP contribution < -0.4 is 5.32 Å². The standard InChI is InChI=1S/C14H20Cl2N2/c1-3-14(2)10-18(7-6-17-14)9-11-8-12(15)4-5-13(11)16/h4-5,8,17H,3,6-7,9-10H2,1-2H3. The minimum absolute atomic E-state index is 0.212. The third kappa shape index (κ3) is 3.39. The molecule has 1 aromatic carbocycles. The third-order valence-electron chi connectivity index (χ3n) is 3.73. The Morgan fingerprint density at radius 2 is 2.17 bits per heavy atom. The van der Waals surface area contributed by atoms with Crippen molar-refractivity contribution in [1.29, 1.82) is 0 Å². The molecular weight excluding hydrogens is 267 g/mol. The second-order valence-electron chi connectivity index (χ2n) is 5.29. The fourth-order valence-corrected chi connectivity index (χ4v) is 2.79. The second-order valence-corrected chi connectivity index (χ2v) is 6.13. The van der Waals surface area contributed by atoms with Crippen molar-refractivity contribution in [3.8, 4) is 0 Å². The molecule has 0 amide bonds. The van der Waals surface area contributed by atoms with E-state index in [4.69, 9.17) is 23.2 Å². The molecule has 1 heterocycles. The summed E-state index contributed by atoms with van der Waals surface area (Å²) in [5.74, 6) is 0. The lowest BCUT2D eigenvalue weighted by molar-refractivity contribution is 0.134. The number of piperazine rings is 1. The van der Waals surface area contributed by atoms with E-state index in [0.29, 0.717) is 0 Å². The maximum atomic E-state index is 6.22. The molecular formula is C14H20Cl2N2. The smallest absolute Gasteiger partial charge is 0.0452 e. The molecule has 18 heavy (non-hydrogen) atoms. The van der Waals surface area contributed by atoms with Gasteiger partial charge in [0.15, 0.2) is 0 Å². The maximum Gasteiger partial charge on any atom is 0.0452 e. The lowest BCUT2D eigenvalue weighted by Crippen LogP contribution is -2.58. The topological polar surface area (TPSA) is 15.3 Å². The lowest BCUT2D eigenvalue weighted by atomic mass is 9.95. The number of hydrogen-bond donors (Lipinski definition) is 1. The Bertz CT molecular complexity index is 422. The molecule has 0 bridgehead atoms. The van der Waals surface area contributed by atoms with Crippen LogP contribution in [0.4, 0.5) is 0 Å². The summed E-state index contributed by atoms with van der Waals surface area (Å²) >= 11 is 12.2. The zero-order valence-electron chi connectivity index (χ0n) is 11.0. The molecule has 2 nitrogen and oxygen atoms in total. The van der Waals surface area contributed by atoms with Gasteiger partial charge in [-0.05, 0) is 37.1 Å². The van der Waals surface area contributed by atoms with E-state index in [1.807, 2.05) is 18.2 Å². The molecule has 1 N–H and O–H groups in total. The molecule has 4 heteroatoms. The highest BCUT2D eigenvalue weighted by atomic mass is 35.5. The average molecular weight is 287 g/mol. The van der Waals surface area contributed by atoms with Crippen LogP contribution >= 0.6 is 23.2 Å². The molecule has 0 saturated carbocycles. The third-order valence-corrected chi connectivity index (χ3v) is 4.34. The Kier molecular flexibility index (Phi) is 4.54. The summed E-state index contributed by atoms with van der Waals surface area (Å²) in [7, 11) is 0. The molecule has 0 aliphatic carbocycles. The van der Waals surface area contributed by atoms with Crippen molar-refractivity contribution >= 4 is 23.2 Å². The van der Waals surface area contributed by atoms with Crippen molar-refractivity contribution in [3.63, 3.8) is 0 Å². The van der Waals surface area contributed by atoms with Gasteiger partial charge in [-0.1, -0.05) is 30.1 Å². The highest BCUT2D eigenvalue weighted by molar-refractivity contribution is 6.33. The first-order valence-corrected chi connectivity index (χ1v) is 7.19. The van der Waals surface area contributed by atoms with Crippen LogP contribution in [0.15, 0.2) is 18.2 Å². The minimum Gasteiger partial charge on any atom is -0.309 e. The molecule has 1 aliphatic heterocycles. The summed E-state index contributed by atoms with van der Waals surface area (Å²) in [5, 5.41) is 5.14. The SMILES string of the molecule is CCC1(C)CN(Cc2cc(Cl)ccc2Cl)CCN1. The van der Waals surface area contributed by atoms with Gasteiger partial charge in [0, 0.05) is 41.8 Å². The highest BCUT2D eigenvalue weighted by Crippen LogP contribution is 2.24. The summed E-state index contributed by atoms with van der Waals surface area (Å²) < 4.78 is 0. The first-order chi connectivity index (χ1) is 8.52. The molecule has 1 aliphatic rings. The van der Waals surface area contributed by atoms with E-state index in [9.17, 15) is 0 Å². The van der Waals surface area contributed by atoms with Gasteiger partial charge >= 0.3 is 0 Å². The number of rotatable bonds is 3. The quantitative estimate of drug-likeness (QED) is 0.914. The zero-order chi connectivity index (χ0) is 13.2. The van der Waals surface area contributed by atoms with E-state index in [-0.39, 0.29) is 5.54 Å². The predicted molar refractivity (Wildman–Crippen MR) is 78.4 cm³/mol. The van der Waals surface area contributed by atoms with Gasteiger partial charge in [-0.3, -0.25) is 4.90 Å². The molecule has 0 radical (unpaired) electrons. The summed E-state index contributed by atoms with van der Waals surface area (Å²) in [5.41, 5.74) is 1.33. The monoisotopic (exact) mass is 286 g/mol. The zero-order valence-corrected chi connectivity index (χ0v) is 12.5. The normalized spacial score (nSPS) is 25.3. The van der Waals surface area contributed by atoms with Crippen molar-refractivity contribution in [1.82, 2.24) is 10.2 Å². The average Bonchev–Trinajstić information content (AvgIpc) is 2.34. The van der Waals surface area contributed by atoms with Crippen LogP contribution in [-0.2, 0) is 6.54 Å². The summed E-state index contributed by atoms with van der Waals surface area (Å²) in [4.78, 5) is 2.44. The van der Waals surface area contributed by atoms with Gasteiger partial charge < -0.3 is 5.32 Å². The van der Waals surface area contributed by atoms with Crippen molar-refractivity contribution < 1.29 is 0 Å². The van der Waals surface area contributed by atoms with Gasteiger partial charge in [0.05, 0.1) is 0 Å². The van der Waals surface area contributed by atoms with Crippen LogP contribution in [0.3, 0.4) is 0 Å². The van der Waals surface area contributed by atoms with E-state index in [1.165, 1.54) is 0 Å². The van der Waals surface area contributed by atoms with E-state index < -0.39 is 0 Å². The van der Waals surface area contributed by atoms with Gasteiger partial charge in [-0.2, -0.15) is 0 Å². The van der Waals surface area contributed by atoms with E-state index >= 15 is 0 Å². The predicted octanol–water partition coefficient (Wildman–Crippen LogP) is 3.57. The summed E-state index contributed by atoms with van der Waals surface area (Å²) in [6, 6.07) is 5.68. The van der Waals surface area contributed by atoms with Gasteiger partial charge in [-0.15, -0.1) is 0 Å². The minimum atomic E-state index is 0.212. The molecule has 2 rings (SSSR count). The van der Waals surface area contributed by atoms with Gasteiger partial charge in [-0.25, -0.2) is 0 Å². The van der Waals surface area contributed by atoms with Crippen molar-refractivity contribution in [2.24, 2.45) is 0 Å². The van der Waals surface area contributed by atoms with E-state index in [1.54, 1.807) is 0 Å². The first-order valence-electron chi connectivity index (χ1n) is 6.44. The number of hydrogen-bond acceptors (Lipinski definition) is 2. The van der Waals surface area contributed by atoms with Crippen LogP contribution in [0.2, 0.25) is 10.0 Å². The van der Waals surface area contributed by atoms with Crippen molar-refractivity contribution in [2.75, 3.05) is 19.6 Å². The van der Waals surface area contributed by atoms with Crippen molar-refractivity contribution in [2.45, 2.75) is 32.4 Å². The summed E-state index contributed by atoms with van der Waals surface area (Å²) in [6.45, 7) is 8.51. The fourth-order valence-electron chi connectivity index (χ4n) is 2.42. The Morgan fingerprint density at radius 3 is 2.89 bits per heavy atom. The Morgan fingerprint density at radius 1 is 1.39 bits per heavy atom.